The molecule has 0 unspecified atom stereocenters. The second-order valence-corrected chi connectivity index (χ2v) is 3.07. The first-order chi connectivity index (χ1) is 3.48. The summed E-state index contributed by atoms with van der Waals surface area (Å²) in [7, 11) is 0. The first-order valence-corrected chi connectivity index (χ1v) is 3.19. The number of amides is 1. The van der Waals surface area contributed by atoms with Gasteiger partial charge >= 0.3 is 0 Å². The van der Waals surface area contributed by atoms with E-state index in [1.165, 1.54) is 0 Å². The number of nitrogens with one attached hydrogen (secondary N) is 1. The first-order valence-electron chi connectivity index (χ1n) is 2.39. The summed E-state index contributed by atoms with van der Waals surface area (Å²) in [5.74, 6) is -0.00231. The van der Waals surface area contributed by atoms with E-state index < -0.39 is 0 Å². The van der Waals surface area contributed by atoms with E-state index in [-0.39, 0.29) is 11.3 Å². The molecule has 0 saturated heterocycles. The predicted octanol–water partition coefficient (Wildman–Crippen LogP) is 1.46. The molecular formula is C5H10BrNO. The second-order valence-electron chi connectivity index (χ2n) is 2.67. The lowest BCUT2D eigenvalue weighted by Gasteiger charge is -2.13. The maximum absolute atomic E-state index is 10.7. The highest BCUT2D eigenvalue weighted by atomic mass is 79.9. The molecule has 0 aliphatic rings. The number of carbonyl (C=O) groups excluding carboxylic acids is 1. The van der Waals surface area contributed by atoms with E-state index in [4.69, 9.17) is 0 Å². The minimum atomic E-state index is -0.288. The SMILES string of the molecule is CC(C)(C)C(=O)NBr. The van der Waals surface area contributed by atoms with Gasteiger partial charge in [0.15, 0.2) is 0 Å². The van der Waals surface area contributed by atoms with Gasteiger partial charge in [-0.2, -0.15) is 0 Å². The van der Waals surface area contributed by atoms with Crippen LogP contribution in [0.25, 0.3) is 0 Å². The van der Waals surface area contributed by atoms with Gasteiger partial charge in [0.05, 0.1) is 0 Å². The van der Waals surface area contributed by atoms with Gasteiger partial charge < -0.3 is 0 Å². The molecule has 0 heterocycles. The highest BCUT2D eigenvalue weighted by Crippen LogP contribution is 2.12. The Hall–Kier alpha value is -0.0500. The van der Waals surface area contributed by atoms with Crippen LogP contribution in [-0.2, 0) is 4.79 Å². The van der Waals surface area contributed by atoms with E-state index in [0.29, 0.717) is 0 Å². The molecule has 0 aliphatic carbocycles. The van der Waals surface area contributed by atoms with Crippen LogP contribution in [0.5, 0.6) is 0 Å². The number of halogens is 1. The van der Waals surface area contributed by atoms with Crippen molar-refractivity contribution in [2.24, 2.45) is 5.41 Å². The van der Waals surface area contributed by atoms with E-state index in [2.05, 4.69) is 20.5 Å². The molecule has 8 heavy (non-hydrogen) atoms. The van der Waals surface area contributed by atoms with Crippen molar-refractivity contribution in [1.82, 2.24) is 4.34 Å². The highest BCUT2D eigenvalue weighted by Gasteiger charge is 2.19. The van der Waals surface area contributed by atoms with Crippen molar-refractivity contribution >= 4 is 22.1 Å². The Labute approximate surface area is 58.0 Å². The van der Waals surface area contributed by atoms with E-state index in [9.17, 15) is 4.79 Å². The predicted molar refractivity (Wildman–Crippen MR) is 36.5 cm³/mol. The van der Waals surface area contributed by atoms with Crippen molar-refractivity contribution in [1.29, 1.82) is 0 Å². The number of carbonyl (C=O) groups is 1. The van der Waals surface area contributed by atoms with Crippen LogP contribution in [0.3, 0.4) is 0 Å². The zero-order valence-electron chi connectivity index (χ0n) is 5.29. The maximum atomic E-state index is 10.7. The lowest BCUT2D eigenvalue weighted by Crippen LogP contribution is -2.28. The van der Waals surface area contributed by atoms with E-state index in [0.717, 1.165) is 0 Å². The third-order valence-corrected chi connectivity index (χ3v) is 1.13. The average molecular weight is 180 g/mol. The Morgan fingerprint density at radius 3 is 1.88 bits per heavy atom. The number of hydrogen-bond donors (Lipinski definition) is 1. The third-order valence-electron chi connectivity index (χ3n) is 0.767. The van der Waals surface area contributed by atoms with Crippen LogP contribution in [0.4, 0.5) is 0 Å². The normalized spacial score (nSPS) is 11.0. The van der Waals surface area contributed by atoms with E-state index in [1.807, 2.05) is 20.8 Å². The second kappa shape index (κ2) is 2.49. The maximum Gasteiger partial charge on any atom is 0.235 e. The van der Waals surface area contributed by atoms with Crippen LogP contribution < -0.4 is 4.34 Å². The highest BCUT2D eigenvalue weighted by molar-refractivity contribution is 9.08. The molecule has 1 N–H and O–H groups in total. The monoisotopic (exact) mass is 179 g/mol. The summed E-state index contributed by atoms with van der Waals surface area (Å²) in [5.41, 5.74) is -0.288. The molecule has 0 fully saturated rings. The fourth-order valence-electron chi connectivity index (χ4n) is 0.142. The van der Waals surface area contributed by atoms with Crippen molar-refractivity contribution in [3.05, 3.63) is 0 Å². The zero-order chi connectivity index (χ0) is 6.78. The van der Waals surface area contributed by atoms with Crippen molar-refractivity contribution in [2.45, 2.75) is 20.8 Å². The van der Waals surface area contributed by atoms with E-state index >= 15 is 0 Å². The number of hydrogen-bond acceptors (Lipinski definition) is 1. The summed E-state index contributed by atoms with van der Waals surface area (Å²) in [6, 6.07) is 0. The largest absolute Gasteiger partial charge is 0.292 e. The van der Waals surface area contributed by atoms with Gasteiger partial charge in [0.25, 0.3) is 0 Å². The minimum Gasteiger partial charge on any atom is -0.292 e. The first kappa shape index (κ1) is 7.95. The Morgan fingerprint density at radius 2 is 1.88 bits per heavy atom. The summed E-state index contributed by atoms with van der Waals surface area (Å²) in [6.07, 6.45) is 0. The van der Waals surface area contributed by atoms with Gasteiger partial charge in [0.2, 0.25) is 5.91 Å². The fourth-order valence-corrected chi connectivity index (χ4v) is 0.736. The number of rotatable bonds is 0. The molecule has 2 nitrogen and oxygen atoms in total. The topological polar surface area (TPSA) is 29.1 Å². The molecular weight excluding hydrogens is 170 g/mol. The van der Waals surface area contributed by atoms with Crippen LogP contribution >= 0.6 is 16.1 Å². The van der Waals surface area contributed by atoms with Gasteiger partial charge in [-0.15, -0.1) is 0 Å². The van der Waals surface area contributed by atoms with Gasteiger partial charge in [-0.05, 0) is 0 Å². The molecule has 0 bridgehead atoms. The molecule has 3 heteroatoms. The van der Waals surface area contributed by atoms with Crippen LogP contribution in [0.15, 0.2) is 0 Å². The molecule has 0 atom stereocenters. The van der Waals surface area contributed by atoms with Crippen molar-refractivity contribution in [3.63, 3.8) is 0 Å². The molecule has 0 aliphatic heterocycles. The Kier molecular flexibility index (Phi) is 2.47. The molecule has 0 aromatic carbocycles. The van der Waals surface area contributed by atoms with Crippen LogP contribution in [0.2, 0.25) is 0 Å². The Bertz CT molecular complexity index is 95.1. The summed E-state index contributed by atoms with van der Waals surface area (Å²) in [6.45, 7) is 5.55. The summed E-state index contributed by atoms with van der Waals surface area (Å²) in [5, 5.41) is 0. The summed E-state index contributed by atoms with van der Waals surface area (Å²) in [4.78, 5) is 10.7. The molecule has 0 aromatic rings. The summed E-state index contributed by atoms with van der Waals surface area (Å²) < 4.78 is 2.38. The van der Waals surface area contributed by atoms with Crippen LogP contribution in [0.1, 0.15) is 20.8 Å². The molecule has 0 rings (SSSR count). The van der Waals surface area contributed by atoms with Gasteiger partial charge in [0, 0.05) is 21.6 Å². The fraction of sp³-hybridized carbons (Fsp3) is 0.800. The molecule has 1 amide bonds. The third kappa shape index (κ3) is 2.31. The summed E-state index contributed by atoms with van der Waals surface area (Å²) >= 11 is 2.85. The van der Waals surface area contributed by atoms with Crippen molar-refractivity contribution < 1.29 is 4.79 Å². The molecule has 0 saturated carbocycles. The Balaban J connectivity index is 3.82. The van der Waals surface area contributed by atoms with E-state index in [1.54, 1.807) is 0 Å². The molecule has 48 valence electrons. The van der Waals surface area contributed by atoms with Crippen molar-refractivity contribution in [2.75, 3.05) is 0 Å². The molecule has 0 aromatic heterocycles. The molecule has 0 spiro atoms. The quantitative estimate of drug-likeness (QED) is 0.561. The average Bonchev–Trinajstić information content (AvgIpc) is 1.62. The Morgan fingerprint density at radius 1 is 1.50 bits per heavy atom. The lowest BCUT2D eigenvalue weighted by atomic mass is 9.96. The van der Waals surface area contributed by atoms with Crippen LogP contribution in [-0.4, -0.2) is 5.91 Å². The van der Waals surface area contributed by atoms with Gasteiger partial charge in [0.1, 0.15) is 0 Å². The minimum absolute atomic E-state index is 0.00231. The van der Waals surface area contributed by atoms with Crippen molar-refractivity contribution in [3.8, 4) is 0 Å². The van der Waals surface area contributed by atoms with Gasteiger partial charge in [-0.25, -0.2) is 0 Å². The van der Waals surface area contributed by atoms with Gasteiger partial charge in [-0.3, -0.25) is 9.14 Å². The standard InChI is InChI=1S/C5H10BrNO/c1-5(2,3)4(8)7-6/h1-3H3,(H,7,8). The zero-order valence-corrected chi connectivity index (χ0v) is 6.87. The smallest absolute Gasteiger partial charge is 0.235 e. The lowest BCUT2D eigenvalue weighted by molar-refractivity contribution is -0.126. The van der Waals surface area contributed by atoms with Gasteiger partial charge in [-0.1, -0.05) is 20.8 Å². The molecule has 0 radical (unpaired) electrons. The van der Waals surface area contributed by atoms with Crippen LogP contribution in [0, 0.1) is 5.41 Å².